The fraction of sp³-hybridized carbons (Fsp3) is 0.439. The number of aromatic amines is 2. The number of aromatic nitrogens is 4. The Balaban J connectivity index is 0.922. The van der Waals surface area contributed by atoms with Crippen LogP contribution in [0.5, 0.6) is 23.0 Å². The Hall–Kier alpha value is -16.4. The number of benzene rings is 3. The molecule has 52 nitrogen and oxygen atoms in total. The number of hydrogen-bond acceptors (Lipinski definition) is 28. The highest BCUT2D eigenvalue weighted by molar-refractivity contribution is 6.05. The van der Waals surface area contributed by atoms with E-state index < -0.39 is 272 Å². The van der Waals surface area contributed by atoms with Crippen molar-refractivity contribution in [2.45, 2.75) is 203 Å². The number of carboxylic acid groups (broad SMARTS) is 3. The van der Waals surface area contributed by atoms with Crippen LogP contribution >= 0.6 is 0 Å². The van der Waals surface area contributed by atoms with Gasteiger partial charge in [-0.05, 0) is 109 Å². The van der Waals surface area contributed by atoms with E-state index >= 15 is 0 Å². The summed E-state index contributed by atoms with van der Waals surface area (Å²) in [6, 6.07) is -8.58. The number of phenols is 2. The summed E-state index contributed by atoms with van der Waals surface area (Å²) in [5.74, 6) is -24.7. The molecule has 2 aliphatic rings. The summed E-state index contributed by atoms with van der Waals surface area (Å²) >= 11 is 0. The fourth-order valence-corrected chi connectivity index (χ4v) is 13.5. The number of nitrogens with one attached hydrogen (secondary N) is 19. The third-order valence-electron chi connectivity index (χ3n) is 20.6. The lowest BCUT2D eigenvalue weighted by Gasteiger charge is -2.36. The first kappa shape index (κ1) is 105. The van der Waals surface area contributed by atoms with E-state index in [1.54, 1.807) is 0 Å². The number of aromatic hydroxyl groups is 2. The third kappa shape index (κ3) is 30.4. The van der Waals surface area contributed by atoms with Crippen molar-refractivity contribution in [2.75, 3.05) is 19.6 Å². The van der Waals surface area contributed by atoms with Gasteiger partial charge in [-0.25, -0.2) is 19.6 Å². The van der Waals surface area contributed by atoms with E-state index in [2.05, 4.69) is 105 Å². The highest BCUT2D eigenvalue weighted by atomic mass is 16.6. The van der Waals surface area contributed by atoms with Crippen molar-refractivity contribution in [3.8, 4) is 23.0 Å². The number of imidazole rings is 2. The van der Waals surface area contributed by atoms with Crippen molar-refractivity contribution in [3.63, 3.8) is 0 Å². The zero-order valence-electron chi connectivity index (χ0n) is 73.2. The van der Waals surface area contributed by atoms with Gasteiger partial charge in [-0.1, -0.05) is 19.9 Å². The first-order valence-electron chi connectivity index (χ1n) is 41.6. The van der Waals surface area contributed by atoms with Gasteiger partial charge in [-0.15, -0.1) is 0 Å². The SMILES string of the molecule is CC(C)[C@H](NC(=O)[C@H](C)NC(=O)[C@H](CCC(N)=O)NC(=O)c1ccc2c(c1)C(=O)OC21c2ccc(O)cc2Oc2cc(O)ccc21)C(=O)N[C@@H](Cc1c[nH]cn1)C(=O)N[C@@H](C)C(=O)N[C@@H](C)C(=O)N[C@@H](Cc1c[nH]cn1)C(=O)N[C@@H](C)C(=O)N[C@@H](CCC(=O)O)C(=O)NCC(=O)N[C@@H](CC(N)=O)C(=O)N[C@@H](CCC(=O)O)C(=O)N[C@@H](C)C(=O)NCC(=O)N[C@@H](CCCNC(=N)N)C(=O)O. The van der Waals surface area contributed by atoms with E-state index in [1.165, 1.54) is 114 Å². The molecule has 13 atom stereocenters. The predicted molar refractivity (Wildman–Crippen MR) is 459 cm³/mol. The molecule has 0 fully saturated rings. The first-order valence-corrected chi connectivity index (χ1v) is 41.6. The molecule has 0 bridgehead atoms. The molecule has 0 saturated carbocycles. The second-order valence-electron chi connectivity index (χ2n) is 31.5. The minimum atomic E-state index is -1.96. The maximum Gasteiger partial charge on any atom is 0.340 e. The molecule has 0 saturated heterocycles. The van der Waals surface area contributed by atoms with E-state index in [9.17, 15) is 126 Å². The Kier molecular flexibility index (Phi) is 37.7. The molecule has 2 aromatic heterocycles. The highest BCUT2D eigenvalue weighted by Gasteiger charge is 2.54. The van der Waals surface area contributed by atoms with E-state index in [-0.39, 0.29) is 89.3 Å². The number of H-pyrrole nitrogens is 2. The fourth-order valence-electron chi connectivity index (χ4n) is 13.5. The average Bonchev–Trinajstić information content (AvgIpc) is 1.51. The summed E-state index contributed by atoms with van der Waals surface area (Å²) in [5.41, 5.74) is 15.3. The van der Waals surface area contributed by atoms with Crippen LogP contribution in [0.25, 0.3) is 0 Å². The van der Waals surface area contributed by atoms with Gasteiger partial charge < -0.3 is 147 Å². The highest BCUT2D eigenvalue weighted by Crippen LogP contribution is 2.57. The molecule has 30 N–H and O–H groups in total. The molecule has 0 unspecified atom stereocenters. The van der Waals surface area contributed by atoms with Crippen molar-refractivity contribution < 1.29 is 136 Å². The standard InChI is InChI=1S/C82H106N24O28/c1-35(2)65(106-70(121)40(7)96-73(124)51(16-19-59(83)109)102-71(122)41-10-13-47-46(23-41)80(132)134-82(47)48-14-11-44(107)26-57(48)133-58-27-45(108)12-15-49(58)82)78(129)105-55(25-43-30-88-34-93-43)76(127)97-37(4)67(118)94-38(5)69(120)104-54(24-42-29-87-33-92-42)75(126)98-39(6)68(119)101-50(17-20-63(113)114)72(123)91-32-62(112)100-56(28-60(84)110)77(128)103-52(18-21-64(115)116)74(125)95-36(3)66(117)90-31-61(111)99-53(79(130)131)9-8-22-89-81(85)86/h10-15,23,26-27,29-30,33-40,50-56,65,107-108H,8-9,16-22,24-25,28,31-32H2,1-7H3,(H2,83,109)(H2,84,110)(H,87,92)(H,88,93)(H,90,117)(H,91,123)(H,94,118)(H,95,125)(H,96,124)(H,97,127)(H,98,126)(H,99,111)(H,100,112)(H,101,119)(H,102,122)(H,103,128)(H,104,120)(H,105,129)(H,106,121)(H,113,114)(H,115,116)(H,130,131)(H4,85,86,89)/t36-,37-,38-,39-,40-,50-,51-,52-,53-,54-,55-,56-,65-/m0/s1. The number of nitrogens with two attached hydrogens (primary N) is 3. The maximum absolute atomic E-state index is 14.3. The lowest BCUT2D eigenvalue weighted by Crippen LogP contribution is -2.60. The van der Waals surface area contributed by atoms with Gasteiger partial charge in [0.05, 0.1) is 49.1 Å². The summed E-state index contributed by atoms with van der Waals surface area (Å²) in [5, 5.41) is 93.8. The number of carbonyl (C=O) groups excluding carboxylic acids is 18. The number of phenolic OH excluding ortho intramolecular Hbond substituents is 2. The smallest absolute Gasteiger partial charge is 0.340 e. The average molecular weight is 1880 g/mol. The first-order chi connectivity index (χ1) is 63.1. The van der Waals surface area contributed by atoms with Crippen molar-refractivity contribution in [3.05, 3.63) is 119 Å². The van der Waals surface area contributed by atoms with Crippen molar-refractivity contribution in [1.29, 1.82) is 5.41 Å². The summed E-state index contributed by atoms with van der Waals surface area (Å²) < 4.78 is 12.1. The minimum absolute atomic E-state index is 0.0812. The van der Waals surface area contributed by atoms with Gasteiger partial charge >= 0.3 is 23.9 Å². The topological polar surface area (TPSA) is 830 Å². The number of aliphatic carboxylic acids is 3. The van der Waals surface area contributed by atoms with Crippen molar-refractivity contribution in [2.24, 2.45) is 23.1 Å². The largest absolute Gasteiger partial charge is 0.508 e. The normalized spacial score (nSPS) is 14.8. The third-order valence-corrected chi connectivity index (χ3v) is 20.6. The Morgan fingerprint density at radius 3 is 1.31 bits per heavy atom. The van der Waals surface area contributed by atoms with Crippen LogP contribution in [0.4, 0.5) is 0 Å². The van der Waals surface area contributed by atoms with Gasteiger partial charge in [0.15, 0.2) is 11.6 Å². The number of hydrogen-bond donors (Lipinski definition) is 27. The number of fused-ring (bicyclic) bond motifs is 6. The molecule has 0 aliphatic carbocycles. The number of esters is 1. The predicted octanol–water partition coefficient (Wildman–Crippen LogP) is -7.28. The Labute approximate surface area is 761 Å². The molecule has 17 amide bonds. The van der Waals surface area contributed by atoms with Crippen LogP contribution < -0.4 is 107 Å². The summed E-state index contributed by atoms with van der Waals surface area (Å²) in [6.07, 6.45) is -0.129. The van der Waals surface area contributed by atoms with E-state index in [4.69, 9.17) is 32.1 Å². The second kappa shape index (κ2) is 48.3. The summed E-state index contributed by atoms with van der Waals surface area (Å²) in [4.78, 5) is 293. The van der Waals surface area contributed by atoms with Crippen molar-refractivity contribution >= 4 is 130 Å². The molecular formula is C82H106N24O28. The number of carbonyl (C=O) groups is 21. The molecule has 52 heteroatoms. The number of rotatable bonds is 51. The zero-order valence-corrected chi connectivity index (χ0v) is 73.2. The van der Waals surface area contributed by atoms with Gasteiger partial charge in [0.25, 0.3) is 5.91 Å². The maximum atomic E-state index is 14.3. The van der Waals surface area contributed by atoms with E-state index in [0.29, 0.717) is 11.1 Å². The summed E-state index contributed by atoms with van der Waals surface area (Å²) in [6.45, 7) is 7.20. The second-order valence-corrected chi connectivity index (χ2v) is 31.5. The molecule has 134 heavy (non-hydrogen) atoms. The van der Waals surface area contributed by atoms with Crippen LogP contribution in [0.3, 0.4) is 0 Å². The number of ether oxygens (including phenoxy) is 2. The Morgan fingerprint density at radius 2 is 0.843 bits per heavy atom. The number of primary amides is 2. The molecule has 5 aromatic rings. The molecule has 722 valence electrons. The van der Waals surface area contributed by atoms with Gasteiger partial charge in [-0.3, -0.25) is 96.5 Å². The van der Waals surface area contributed by atoms with Crippen LogP contribution in [0.1, 0.15) is 155 Å². The Bertz CT molecular complexity index is 5230. The summed E-state index contributed by atoms with van der Waals surface area (Å²) in [7, 11) is 0. The quantitative estimate of drug-likeness (QED) is 0.00744. The van der Waals surface area contributed by atoms with Crippen LogP contribution in [0.2, 0.25) is 0 Å². The van der Waals surface area contributed by atoms with Gasteiger partial charge in [0.1, 0.15) is 102 Å². The molecule has 7 rings (SSSR count). The van der Waals surface area contributed by atoms with Crippen LogP contribution in [-0.2, 0) is 114 Å². The van der Waals surface area contributed by atoms with Crippen LogP contribution in [0, 0.1) is 11.3 Å². The molecule has 4 heterocycles. The molecule has 1 spiro atoms. The van der Waals surface area contributed by atoms with Gasteiger partial charge in [0.2, 0.25) is 94.5 Å². The molecule has 0 radical (unpaired) electrons. The van der Waals surface area contributed by atoms with Crippen LogP contribution in [0.15, 0.2) is 79.6 Å². The minimum Gasteiger partial charge on any atom is -0.508 e. The number of nitrogens with zero attached hydrogens (tertiary/aromatic N) is 2. The lowest BCUT2D eigenvalue weighted by atomic mass is 9.77. The lowest BCUT2D eigenvalue weighted by molar-refractivity contribution is -0.142. The number of carboxylic acids is 3. The van der Waals surface area contributed by atoms with E-state index in [0.717, 1.165) is 13.8 Å². The van der Waals surface area contributed by atoms with E-state index in [1.807, 2.05) is 0 Å². The zero-order chi connectivity index (χ0) is 99.3. The van der Waals surface area contributed by atoms with Crippen molar-refractivity contribution in [1.82, 2.24) is 105 Å². The molecule has 3 aromatic carbocycles. The van der Waals surface area contributed by atoms with Crippen LogP contribution in [-0.4, -0.2) is 274 Å². The molecule has 2 aliphatic heterocycles. The number of guanidine groups is 1. The molecular weight excluding hydrogens is 1770 g/mol. The van der Waals surface area contributed by atoms with Gasteiger partial charge in [-0.2, -0.15) is 0 Å². The Morgan fingerprint density at radius 1 is 0.433 bits per heavy atom. The van der Waals surface area contributed by atoms with Gasteiger partial charge in [0, 0.05) is 85.4 Å². The monoisotopic (exact) mass is 1870 g/mol. The number of amides is 17.